The lowest BCUT2D eigenvalue weighted by molar-refractivity contribution is -0.126. The van der Waals surface area contributed by atoms with Gasteiger partial charge in [0.25, 0.3) is 5.91 Å². The number of nitrogens with one attached hydrogen (secondary N) is 2. The normalized spacial score (nSPS) is 22.3. The van der Waals surface area contributed by atoms with Crippen molar-refractivity contribution in [2.24, 2.45) is 0 Å². The van der Waals surface area contributed by atoms with Gasteiger partial charge in [-0.15, -0.1) is 0 Å². The van der Waals surface area contributed by atoms with Gasteiger partial charge >= 0.3 is 6.03 Å². The third-order valence-electron chi connectivity index (χ3n) is 3.71. The number of rotatable bonds is 3. The van der Waals surface area contributed by atoms with Crippen LogP contribution < -0.4 is 10.6 Å². The van der Waals surface area contributed by atoms with Gasteiger partial charge in [-0.2, -0.15) is 0 Å². The summed E-state index contributed by atoms with van der Waals surface area (Å²) in [4.78, 5) is 26.0. The third-order valence-corrected chi connectivity index (χ3v) is 4.24. The maximum Gasteiger partial charge on any atom is 0.319 e. The van der Waals surface area contributed by atoms with Crippen LogP contribution in [0.15, 0.2) is 40.0 Å². The summed E-state index contributed by atoms with van der Waals surface area (Å²) in [5.41, 5.74) is 2.00. The molecular weight excluding hydrogens is 350 g/mol. The Labute approximate surface area is 136 Å². The summed E-state index contributed by atoms with van der Waals surface area (Å²) in [6.45, 7) is 2.20. The Bertz CT molecular complexity index is 655. The summed E-state index contributed by atoms with van der Waals surface area (Å²) in [5, 5.41) is 15.0. The van der Waals surface area contributed by atoms with Crippen LogP contribution in [-0.2, 0) is 4.79 Å². The van der Waals surface area contributed by atoms with Crippen LogP contribution in [0, 0.1) is 0 Å². The van der Waals surface area contributed by atoms with Crippen molar-refractivity contribution in [1.82, 2.24) is 15.5 Å². The Morgan fingerprint density at radius 1 is 1.36 bits per heavy atom. The zero-order valence-electron chi connectivity index (χ0n) is 12.0. The molecule has 0 aromatic heterocycles. The Balaban J connectivity index is 1.94. The largest absolute Gasteiger partial charge is 0.392 e. The summed E-state index contributed by atoms with van der Waals surface area (Å²) >= 11 is 3.37. The van der Waals surface area contributed by atoms with Crippen LogP contribution in [0.5, 0.6) is 0 Å². The van der Waals surface area contributed by atoms with E-state index in [9.17, 15) is 14.7 Å². The minimum atomic E-state index is -0.611. The molecule has 1 aromatic rings. The lowest BCUT2D eigenvalue weighted by Crippen LogP contribution is -2.44. The number of carbonyl (C=O) groups is 2. The molecule has 2 atom stereocenters. The van der Waals surface area contributed by atoms with E-state index < -0.39 is 12.1 Å². The fraction of sp³-hybridized carbons (Fsp3) is 0.333. The Morgan fingerprint density at radius 3 is 2.68 bits per heavy atom. The van der Waals surface area contributed by atoms with Crippen molar-refractivity contribution in [3.05, 3.63) is 45.6 Å². The molecule has 2 aliphatic rings. The van der Waals surface area contributed by atoms with Crippen LogP contribution >= 0.6 is 15.9 Å². The van der Waals surface area contributed by atoms with Gasteiger partial charge in [0, 0.05) is 11.0 Å². The van der Waals surface area contributed by atoms with E-state index in [1.54, 1.807) is 11.8 Å². The SMILES string of the molecule is C[C@@H](O)CN1CC2=C(C1=O)[C@H](c1ccc(Br)cc1)NC(=O)N2. The first kappa shape index (κ1) is 15.1. The van der Waals surface area contributed by atoms with E-state index in [1.165, 1.54) is 0 Å². The van der Waals surface area contributed by atoms with E-state index >= 15 is 0 Å². The molecule has 6 nitrogen and oxygen atoms in total. The van der Waals surface area contributed by atoms with Crippen molar-refractivity contribution in [2.45, 2.75) is 19.1 Å². The highest BCUT2D eigenvalue weighted by Crippen LogP contribution is 2.32. The van der Waals surface area contributed by atoms with Gasteiger partial charge in [-0.1, -0.05) is 28.1 Å². The van der Waals surface area contributed by atoms with E-state index in [4.69, 9.17) is 0 Å². The summed E-state index contributed by atoms with van der Waals surface area (Å²) in [7, 11) is 0. The molecule has 3 rings (SSSR count). The molecule has 0 saturated heterocycles. The average Bonchev–Trinajstić information content (AvgIpc) is 2.74. The molecule has 3 amide bonds. The van der Waals surface area contributed by atoms with Gasteiger partial charge in [0.05, 0.1) is 30.0 Å². The smallest absolute Gasteiger partial charge is 0.319 e. The highest BCUT2D eigenvalue weighted by molar-refractivity contribution is 9.10. The second-order valence-electron chi connectivity index (χ2n) is 5.51. The topological polar surface area (TPSA) is 81.7 Å². The number of aliphatic hydroxyl groups excluding tert-OH is 1. The lowest BCUT2D eigenvalue weighted by atomic mass is 9.96. The van der Waals surface area contributed by atoms with Crippen molar-refractivity contribution >= 4 is 27.9 Å². The molecule has 0 bridgehead atoms. The molecule has 0 unspecified atom stereocenters. The number of aliphatic hydroxyl groups is 1. The number of halogens is 1. The highest BCUT2D eigenvalue weighted by Gasteiger charge is 2.40. The van der Waals surface area contributed by atoms with Crippen LogP contribution in [0.3, 0.4) is 0 Å². The number of amides is 3. The number of benzene rings is 1. The number of nitrogens with zero attached hydrogens (tertiary/aromatic N) is 1. The van der Waals surface area contributed by atoms with Crippen molar-refractivity contribution in [3.8, 4) is 0 Å². The van der Waals surface area contributed by atoms with Crippen molar-refractivity contribution in [1.29, 1.82) is 0 Å². The Morgan fingerprint density at radius 2 is 2.05 bits per heavy atom. The molecule has 0 radical (unpaired) electrons. The van der Waals surface area contributed by atoms with Gasteiger partial charge in [-0.3, -0.25) is 4.79 Å². The Kier molecular flexibility index (Phi) is 3.92. The standard InChI is InChI=1S/C15H16BrN3O3/c1-8(20)6-19-7-11-12(14(19)21)13(18-15(22)17-11)9-2-4-10(16)5-3-9/h2-5,8,13,20H,6-7H2,1H3,(H2,17,18,22)/t8-,13+/m1/s1. The zero-order valence-corrected chi connectivity index (χ0v) is 13.6. The van der Waals surface area contributed by atoms with Crippen molar-refractivity contribution < 1.29 is 14.7 Å². The molecule has 116 valence electrons. The number of urea groups is 1. The summed E-state index contributed by atoms with van der Waals surface area (Å²) in [6, 6.07) is 6.69. The van der Waals surface area contributed by atoms with Crippen LogP contribution in [0.4, 0.5) is 4.79 Å². The minimum Gasteiger partial charge on any atom is -0.392 e. The second kappa shape index (κ2) is 5.73. The van der Waals surface area contributed by atoms with E-state index in [1.807, 2.05) is 24.3 Å². The van der Waals surface area contributed by atoms with Gasteiger partial charge in [0.15, 0.2) is 0 Å². The molecule has 3 N–H and O–H groups in total. The van der Waals surface area contributed by atoms with E-state index in [0.717, 1.165) is 10.0 Å². The van der Waals surface area contributed by atoms with Gasteiger partial charge in [0.2, 0.25) is 0 Å². The molecule has 2 heterocycles. The van der Waals surface area contributed by atoms with Gasteiger partial charge < -0.3 is 20.6 Å². The predicted octanol–water partition coefficient (Wildman–Crippen LogP) is 1.28. The molecule has 22 heavy (non-hydrogen) atoms. The molecule has 1 aromatic carbocycles. The number of hydrogen-bond acceptors (Lipinski definition) is 3. The van der Waals surface area contributed by atoms with Crippen LogP contribution in [0.2, 0.25) is 0 Å². The predicted molar refractivity (Wildman–Crippen MR) is 83.8 cm³/mol. The highest BCUT2D eigenvalue weighted by atomic mass is 79.9. The molecule has 2 aliphatic heterocycles. The van der Waals surface area contributed by atoms with Gasteiger partial charge in [-0.25, -0.2) is 4.79 Å². The first-order valence-electron chi connectivity index (χ1n) is 6.99. The second-order valence-corrected chi connectivity index (χ2v) is 6.43. The van der Waals surface area contributed by atoms with Crippen molar-refractivity contribution in [2.75, 3.05) is 13.1 Å². The first-order chi connectivity index (χ1) is 10.5. The summed E-state index contributed by atoms with van der Waals surface area (Å²) < 4.78 is 0.930. The van der Waals surface area contributed by atoms with Gasteiger partial charge in [-0.05, 0) is 24.6 Å². The molecule has 0 aliphatic carbocycles. The fourth-order valence-corrected chi connectivity index (χ4v) is 3.06. The molecule has 0 spiro atoms. The number of β-amino-alcohol motifs (C(OH)–C–C–N with tert-alkyl or cyclic N) is 1. The number of hydrogen-bond donors (Lipinski definition) is 3. The minimum absolute atomic E-state index is 0.156. The van der Waals surface area contributed by atoms with E-state index in [-0.39, 0.29) is 18.5 Å². The molecule has 0 saturated carbocycles. The first-order valence-corrected chi connectivity index (χ1v) is 7.78. The quantitative estimate of drug-likeness (QED) is 0.754. The number of carbonyl (C=O) groups excluding carboxylic acids is 2. The van der Waals surface area contributed by atoms with E-state index in [0.29, 0.717) is 17.8 Å². The summed E-state index contributed by atoms with van der Waals surface area (Å²) in [5.74, 6) is -0.156. The van der Waals surface area contributed by atoms with Crippen LogP contribution in [0.25, 0.3) is 0 Å². The van der Waals surface area contributed by atoms with Gasteiger partial charge in [0.1, 0.15) is 0 Å². The van der Waals surface area contributed by atoms with Crippen LogP contribution in [0.1, 0.15) is 18.5 Å². The monoisotopic (exact) mass is 365 g/mol. The van der Waals surface area contributed by atoms with Crippen molar-refractivity contribution in [3.63, 3.8) is 0 Å². The zero-order chi connectivity index (χ0) is 15.9. The molecular formula is C15H16BrN3O3. The average molecular weight is 366 g/mol. The Hall–Kier alpha value is -1.86. The third kappa shape index (κ3) is 2.74. The van der Waals surface area contributed by atoms with Crippen LogP contribution in [-0.4, -0.2) is 41.1 Å². The van der Waals surface area contributed by atoms with E-state index in [2.05, 4.69) is 26.6 Å². The maximum absolute atomic E-state index is 12.6. The fourth-order valence-electron chi connectivity index (χ4n) is 2.80. The lowest BCUT2D eigenvalue weighted by Gasteiger charge is -2.25. The molecule has 0 fully saturated rings. The maximum atomic E-state index is 12.6. The summed E-state index contributed by atoms with van der Waals surface area (Å²) in [6.07, 6.45) is -0.611. The molecule has 7 heteroatoms.